The lowest BCUT2D eigenvalue weighted by Crippen LogP contribution is -1.92. The Morgan fingerprint density at radius 1 is 1.20 bits per heavy atom. The van der Waals surface area contributed by atoms with E-state index in [0.717, 1.165) is 29.9 Å². The number of ketones is 1. The first-order valence-corrected chi connectivity index (χ1v) is 7.08. The Labute approximate surface area is 119 Å². The summed E-state index contributed by atoms with van der Waals surface area (Å²) in [4.78, 5) is 11.7. The maximum absolute atomic E-state index is 11.7. The molecule has 20 heavy (non-hydrogen) atoms. The zero-order chi connectivity index (χ0) is 14.2. The topological polar surface area (TPSA) is 35.5 Å². The van der Waals surface area contributed by atoms with Crippen molar-refractivity contribution >= 4 is 11.9 Å². The predicted octanol–water partition coefficient (Wildman–Crippen LogP) is 4.13. The van der Waals surface area contributed by atoms with Gasteiger partial charge in [-0.15, -0.1) is 0 Å². The molecular weight excluding hydrogens is 252 g/mol. The predicted molar refractivity (Wildman–Crippen MR) is 79.9 cm³/mol. The second kappa shape index (κ2) is 7.53. The van der Waals surface area contributed by atoms with Gasteiger partial charge >= 0.3 is 0 Å². The van der Waals surface area contributed by atoms with Crippen LogP contribution in [-0.2, 0) is 4.79 Å². The summed E-state index contributed by atoms with van der Waals surface area (Å²) in [5.74, 6) is 1.50. The third kappa shape index (κ3) is 4.26. The van der Waals surface area contributed by atoms with Gasteiger partial charge in [-0.2, -0.15) is 0 Å². The summed E-state index contributed by atoms with van der Waals surface area (Å²) in [7, 11) is 0. The van der Waals surface area contributed by atoms with Gasteiger partial charge in [0.1, 0.15) is 0 Å². The minimum atomic E-state index is 0.0131. The van der Waals surface area contributed by atoms with E-state index in [4.69, 9.17) is 9.47 Å². The molecule has 1 aliphatic heterocycles. The van der Waals surface area contributed by atoms with Crippen LogP contribution in [-0.4, -0.2) is 12.6 Å². The summed E-state index contributed by atoms with van der Waals surface area (Å²) >= 11 is 0. The Kier molecular flexibility index (Phi) is 5.42. The molecule has 0 saturated heterocycles. The molecule has 0 aromatic heterocycles. The molecule has 0 aliphatic carbocycles. The molecule has 0 atom stereocenters. The molecule has 0 radical (unpaired) electrons. The summed E-state index contributed by atoms with van der Waals surface area (Å²) < 4.78 is 10.5. The van der Waals surface area contributed by atoms with E-state index in [1.807, 2.05) is 24.3 Å². The number of hydrogen-bond donors (Lipinski definition) is 0. The van der Waals surface area contributed by atoms with Gasteiger partial charge in [0.05, 0.1) is 0 Å². The molecule has 1 heterocycles. The number of hydrogen-bond acceptors (Lipinski definition) is 3. The highest BCUT2D eigenvalue weighted by molar-refractivity contribution is 6.01. The van der Waals surface area contributed by atoms with E-state index >= 15 is 0 Å². The summed E-state index contributed by atoms with van der Waals surface area (Å²) in [5.41, 5.74) is 0.932. The van der Waals surface area contributed by atoms with Crippen molar-refractivity contribution in [1.29, 1.82) is 0 Å². The van der Waals surface area contributed by atoms with Crippen molar-refractivity contribution in [3.05, 3.63) is 42.0 Å². The molecule has 0 saturated carbocycles. The van der Waals surface area contributed by atoms with Crippen LogP contribution in [0, 0.1) is 0 Å². The number of rotatable bonds is 7. The molecular formula is C17H20O3. The van der Waals surface area contributed by atoms with Gasteiger partial charge in [-0.05, 0) is 42.7 Å². The average Bonchev–Trinajstić information content (AvgIpc) is 2.92. The van der Waals surface area contributed by atoms with Crippen LogP contribution in [0.3, 0.4) is 0 Å². The lowest BCUT2D eigenvalue weighted by atomic mass is 10.1. The molecule has 1 aliphatic rings. The van der Waals surface area contributed by atoms with Crippen LogP contribution in [0.1, 0.15) is 38.2 Å². The average molecular weight is 272 g/mol. The molecule has 3 nitrogen and oxygen atoms in total. The molecule has 0 bridgehead atoms. The van der Waals surface area contributed by atoms with Gasteiger partial charge in [0.15, 0.2) is 17.3 Å². The molecule has 1 aromatic rings. The quantitative estimate of drug-likeness (QED) is 0.553. The van der Waals surface area contributed by atoms with E-state index in [2.05, 4.69) is 6.92 Å². The lowest BCUT2D eigenvalue weighted by Gasteiger charge is -1.97. The number of benzene rings is 1. The first-order valence-electron chi connectivity index (χ1n) is 7.08. The second-order valence-electron chi connectivity index (χ2n) is 4.75. The first-order chi connectivity index (χ1) is 9.79. The van der Waals surface area contributed by atoms with E-state index in [0.29, 0.717) is 0 Å². The Hall–Kier alpha value is -2.03. The van der Waals surface area contributed by atoms with Gasteiger partial charge in [-0.1, -0.05) is 38.0 Å². The molecule has 1 aromatic carbocycles. The molecule has 3 heteroatoms. The van der Waals surface area contributed by atoms with E-state index in [9.17, 15) is 4.79 Å². The van der Waals surface area contributed by atoms with Gasteiger partial charge in [0.2, 0.25) is 6.79 Å². The molecule has 0 spiro atoms. The second-order valence-corrected chi connectivity index (χ2v) is 4.75. The molecule has 0 unspecified atom stereocenters. The number of carbonyl (C=O) groups is 1. The Bertz CT molecular complexity index is 515. The van der Waals surface area contributed by atoms with Gasteiger partial charge in [0.25, 0.3) is 0 Å². The van der Waals surface area contributed by atoms with E-state index in [1.165, 1.54) is 12.8 Å². The van der Waals surface area contributed by atoms with Gasteiger partial charge < -0.3 is 9.47 Å². The third-order valence-corrected chi connectivity index (χ3v) is 3.09. The Morgan fingerprint density at radius 2 is 2.05 bits per heavy atom. The van der Waals surface area contributed by atoms with Gasteiger partial charge in [0, 0.05) is 0 Å². The molecule has 0 fully saturated rings. The fraction of sp³-hybridized carbons (Fsp3) is 0.353. The Morgan fingerprint density at radius 3 is 2.90 bits per heavy atom. The Balaban J connectivity index is 1.84. The third-order valence-electron chi connectivity index (χ3n) is 3.09. The highest BCUT2D eigenvalue weighted by atomic mass is 16.7. The summed E-state index contributed by atoms with van der Waals surface area (Å²) in [6.07, 6.45) is 11.5. The lowest BCUT2D eigenvalue weighted by molar-refractivity contribution is -0.110. The fourth-order valence-electron chi connectivity index (χ4n) is 1.96. The smallest absolute Gasteiger partial charge is 0.231 e. The molecule has 0 N–H and O–H groups in total. The van der Waals surface area contributed by atoms with Crippen molar-refractivity contribution in [2.45, 2.75) is 32.6 Å². The zero-order valence-corrected chi connectivity index (χ0v) is 11.8. The van der Waals surface area contributed by atoms with Crippen molar-refractivity contribution in [2.24, 2.45) is 0 Å². The van der Waals surface area contributed by atoms with Crippen LogP contribution in [0.2, 0.25) is 0 Å². The van der Waals surface area contributed by atoms with E-state index in [1.54, 1.807) is 18.2 Å². The highest BCUT2D eigenvalue weighted by Crippen LogP contribution is 2.32. The van der Waals surface area contributed by atoms with Crippen LogP contribution >= 0.6 is 0 Å². The zero-order valence-electron chi connectivity index (χ0n) is 11.8. The van der Waals surface area contributed by atoms with E-state index < -0.39 is 0 Å². The van der Waals surface area contributed by atoms with Crippen molar-refractivity contribution in [1.82, 2.24) is 0 Å². The van der Waals surface area contributed by atoms with Gasteiger partial charge in [-0.3, -0.25) is 4.79 Å². The normalized spacial score (nSPS) is 13.4. The van der Waals surface area contributed by atoms with Crippen molar-refractivity contribution in [3.63, 3.8) is 0 Å². The molecule has 2 rings (SSSR count). The standard InChI is InChI=1S/C17H20O3/c1-2-3-4-5-6-7-15(18)10-8-14-9-11-16-17(12-14)20-13-19-16/h6-12H,2-5,13H2,1H3/b7-6+,10-8+. The highest BCUT2D eigenvalue weighted by Gasteiger charge is 2.12. The van der Waals surface area contributed by atoms with Crippen LogP contribution in [0.15, 0.2) is 36.4 Å². The van der Waals surface area contributed by atoms with Gasteiger partial charge in [-0.25, -0.2) is 0 Å². The largest absolute Gasteiger partial charge is 0.454 e. The maximum Gasteiger partial charge on any atom is 0.231 e. The van der Waals surface area contributed by atoms with E-state index in [-0.39, 0.29) is 12.6 Å². The maximum atomic E-state index is 11.7. The van der Waals surface area contributed by atoms with Crippen LogP contribution in [0.5, 0.6) is 11.5 Å². The molecule has 106 valence electrons. The summed E-state index contributed by atoms with van der Waals surface area (Å²) in [5, 5.41) is 0. The summed E-state index contributed by atoms with van der Waals surface area (Å²) in [6, 6.07) is 5.63. The molecule has 0 amide bonds. The SMILES string of the molecule is CCCCC/C=C/C(=O)/C=C/c1ccc2c(c1)OCO2. The van der Waals surface area contributed by atoms with Crippen LogP contribution in [0.4, 0.5) is 0 Å². The van der Waals surface area contributed by atoms with Crippen molar-refractivity contribution in [3.8, 4) is 11.5 Å². The number of allylic oxidation sites excluding steroid dienone is 3. The summed E-state index contributed by atoms with van der Waals surface area (Å²) in [6.45, 7) is 2.44. The monoisotopic (exact) mass is 272 g/mol. The van der Waals surface area contributed by atoms with Crippen LogP contribution in [0.25, 0.3) is 6.08 Å². The minimum absolute atomic E-state index is 0.0131. The number of ether oxygens (including phenoxy) is 2. The van der Waals surface area contributed by atoms with Crippen molar-refractivity contribution < 1.29 is 14.3 Å². The minimum Gasteiger partial charge on any atom is -0.454 e. The van der Waals surface area contributed by atoms with Crippen LogP contribution < -0.4 is 9.47 Å². The number of fused-ring (bicyclic) bond motifs is 1. The van der Waals surface area contributed by atoms with Crippen molar-refractivity contribution in [2.75, 3.05) is 6.79 Å². The number of unbranched alkanes of at least 4 members (excludes halogenated alkanes) is 3. The number of carbonyl (C=O) groups excluding carboxylic acids is 1. The first kappa shape index (κ1) is 14.4. The fourth-order valence-corrected chi connectivity index (χ4v) is 1.96.